The number of hydrogen-bond acceptors (Lipinski definition) is 3. The van der Waals surface area contributed by atoms with Crippen molar-refractivity contribution >= 4 is 0 Å². The smallest absolute Gasteiger partial charge is 0.122 e. The van der Waals surface area contributed by atoms with Gasteiger partial charge < -0.3 is 15.2 Å². The van der Waals surface area contributed by atoms with Crippen molar-refractivity contribution in [3.8, 4) is 5.75 Å². The van der Waals surface area contributed by atoms with Gasteiger partial charge in [-0.1, -0.05) is 25.1 Å². The molecule has 1 atom stereocenters. The lowest BCUT2D eigenvalue weighted by molar-refractivity contribution is -0.0659. The van der Waals surface area contributed by atoms with Crippen LogP contribution in [0.3, 0.4) is 0 Å². The predicted octanol–water partition coefficient (Wildman–Crippen LogP) is 3.16. The normalized spacial score (nSPS) is 28.1. The van der Waals surface area contributed by atoms with Gasteiger partial charge in [-0.2, -0.15) is 0 Å². The number of rotatable bonds is 5. The van der Waals surface area contributed by atoms with E-state index >= 15 is 0 Å². The third kappa shape index (κ3) is 3.15. The summed E-state index contributed by atoms with van der Waals surface area (Å²) in [6, 6.07) is 8.11. The summed E-state index contributed by atoms with van der Waals surface area (Å²) in [5, 5.41) is 0. The number of hydrogen-bond donors (Lipinski definition) is 1. The Morgan fingerprint density at radius 1 is 1.25 bits per heavy atom. The summed E-state index contributed by atoms with van der Waals surface area (Å²) in [5.41, 5.74) is 7.51. The summed E-state index contributed by atoms with van der Waals surface area (Å²) in [5.74, 6) is 1.70. The molecule has 1 unspecified atom stereocenters. The third-order valence-corrected chi connectivity index (χ3v) is 4.84. The fourth-order valence-electron chi connectivity index (χ4n) is 3.27. The predicted molar refractivity (Wildman–Crippen MR) is 82.0 cm³/mol. The Kier molecular flexibility index (Phi) is 5.06. The molecule has 0 spiro atoms. The molecule has 1 saturated carbocycles. The van der Waals surface area contributed by atoms with E-state index in [1.54, 1.807) is 14.2 Å². The van der Waals surface area contributed by atoms with Crippen LogP contribution in [0.1, 0.15) is 38.2 Å². The summed E-state index contributed by atoms with van der Waals surface area (Å²) in [4.78, 5) is 0. The molecule has 1 aromatic carbocycles. The van der Waals surface area contributed by atoms with Gasteiger partial charge in [0.25, 0.3) is 0 Å². The van der Waals surface area contributed by atoms with E-state index in [1.807, 2.05) is 18.2 Å². The lowest BCUT2D eigenvalue weighted by Crippen LogP contribution is -2.52. The van der Waals surface area contributed by atoms with Gasteiger partial charge in [-0.05, 0) is 49.7 Å². The maximum atomic E-state index is 6.51. The topological polar surface area (TPSA) is 44.5 Å². The van der Waals surface area contributed by atoms with Crippen LogP contribution in [0, 0.1) is 5.92 Å². The van der Waals surface area contributed by atoms with Crippen LogP contribution in [0.5, 0.6) is 5.75 Å². The van der Waals surface area contributed by atoms with E-state index < -0.39 is 0 Å². The molecule has 112 valence electrons. The Hall–Kier alpha value is -1.06. The van der Waals surface area contributed by atoms with Crippen molar-refractivity contribution in [1.29, 1.82) is 0 Å². The Bertz CT molecular complexity index is 425. The largest absolute Gasteiger partial charge is 0.496 e. The standard InChI is InChI=1S/C17H27NO2/c1-13-8-10-17(20-3,11-9-13)16(18)12-14-6-4-5-7-15(14)19-2/h4-7,13,16H,8-12,18H2,1-3H3. The molecule has 3 heteroatoms. The Labute approximate surface area is 122 Å². The maximum Gasteiger partial charge on any atom is 0.122 e. The van der Waals surface area contributed by atoms with Gasteiger partial charge in [-0.15, -0.1) is 0 Å². The van der Waals surface area contributed by atoms with Gasteiger partial charge in [0.2, 0.25) is 0 Å². The third-order valence-electron chi connectivity index (χ3n) is 4.84. The molecule has 0 aliphatic heterocycles. The molecule has 2 N–H and O–H groups in total. The van der Waals surface area contributed by atoms with E-state index in [4.69, 9.17) is 15.2 Å². The lowest BCUT2D eigenvalue weighted by atomic mass is 9.74. The molecule has 1 aliphatic carbocycles. The highest BCUT2D eigenvalue weighted by Crippen LogP contribution is 2.37. The van der Waals surface area contributed by atoms with E-state index in [1.165, 1.54) is 12.8 Å². The molecular weight excluding hydrogens is 250 g/mol. The first-order valence-corrected chi connectivity index (χ1v) is 7.54. The quantitative estimate of drug-likeness (QED) is 0.899. The van der Waals surface area contributed by atoms with Crippen LogP contribution in [0.15, 0.2) is 24.3 Å². The molecular formula is C17H27NO2. The first-order valence-electron chi connectivity index (χ1n) is 7.54. The Balaban J connectivity index is 2.11. The number of ether oxygens (including phenoxy) is 2. The van der Waals surface area contributed by atoms with E-state index in [0.29, 0.717) is 0 Å². The fraction of sp³-hybridized carbons (Fsp3) is 0.647. The van der Waals surface area contributed by atoms with Crippen LogP contribution >= 0.6 is 0 Å². The molecule has 0 bridgehead atoms. The molecule has 0 aromatic heterocycles. The van der Waals surface area contributed by atoms with Crippen molar-refractivity contribution in [3.63, 3.8) is 0 Å². The first kappa shape index (κ1) is 15.3. The molecule has 1 aliphatic rings. The molecule has 0 heterocycles. The molecule has 1 fully saturated rings. The molecule has 2 rings (SSSR count). The second-order valence-electron chi connectivity index (χ2n) is 6.07. The molecule has 3 nitrogen and oxygen atoms in total. The van der Waals surface area contributed by atoms with E-state index in [-0.39, 0.29) is 11.6 Å². The molecule has 0 radical (unpaired) electrons. The van der Waals surface area contributed by atoms with Crippen molar-refractivity contribution in [3.05, 3.63) is 29.8 Å². The van der Waals surface area contributed by atoms with Gasteiger partial charge in [-0.3, -0.25) is 0 Å². The maximum absolute atomic E-state index is 6.51. The SMILES string of the molecule is COc1ccccc1CC(N)C1(OC)CCC(C)CC1. The molecule has 1 aromatic rings. The minimum atomic E-state index is -0.173. The van der Waals surface area contributed by atoms with Gasteiger partial charge in [0.15, 0.2) is 0 Å². The second kappa shape index (κ2) is 6.59. The van der Waals surface area contributed by atoms with Gasteiger partial charge in [0, 0.05) is 13.2 Å². The zero-order chi connectivity index (χ0) is 14.6. The lowest BCUT2D eigenvalue weighted by Gasteiger charge is -2.42. The summed E-state index contributed by atoms with van der Waals surface area (Å²) in [7, 11) is 3.51. The Morgan fingerprint density at radius 2 is 1.90 bits per heavy atom. The van der Waals surface area contributed by atoms with Gasteiger partial charge in [0.05, 0.1) is 12.7 Å². The highest BCUT2D eigenvalue weighted by Gasteiger charge is 2.39. The van der Waals surface area contributed by atoms with E-state index in [2.05, 4.69) is 13.0 Å². The van der Waals surface area contributed by atoms with Crippen molar-refractivity contribution in [2.24, 2.45) is 11.7 Å². The van der Waals surface area contributed by atoms with Crippen LogP contribution < -0.4 is 10.5 Å². The summed E-state index contributed by atoms with van der Waals surface area (Å²) in [6.45, 7) is 2.31. The van der Waals surface area contributed by atoms with Crippen LogP contribution in [-0.4, -0.2) is 25.9 Å². The summed E-state index contributed by atoms with van der Waals surface area (Å²) < 4.78 is 11.3. The number of nitrogens with two attached hydrogens (primary N) is 1. The van der Waals surface area contributed by atoms with Crippen molar-refractivity contribution in [2.75, 3.05) is 14.2 Å². The van der Waals surface area contributed by atoms with Crippen molar-refractivity contribution in [2.45, 2.75) is 50.7 Å². The second-order valence-corrected chi connectivity index (χ2v) is 6.07. The molecule has 0 amide bonds. The fourth-order valence-corrected chi connectivity index (χ4v) is 3.27. The highest BCUT2D eigenvalue weighted by atomic mass is 16.5. The highest BCUT2D eigenvalue weighted by molar-refractivity contribution is 5.34. The Morgan fingerprint density at radius 3 is 2.50 bits per heavy atom. The average Bonchev–Trinajstić information content (AvgIpc) is 2.49. The first-order chi connectivity index (χ1) is 9.61. The monoisotopic (exact) mass is 277 g/mol. The minimum absolute atomic E-state index is 0.0105. The van der Waals surface area contributed by atoms with E-state index in [9.17, 15) is 0 Å². The minimum Gasteiger partial charge on any atom is -0.496 e. The van der Waals surface area contributed by atoms with Gasteiger partial charge in [-0.25, -0.2) is 0 Å². The van der Waals surface area contributed by atoms with Gasteiger partial charge in [0.1, 0.15) is 5.75 Å². The number of methoxy groups -OCH3 is 2. The van der Waals surface area contributed by atoms with Crippen molar-refractivity contribution in [1.82, 2.24) is 0 Å². The zero-order valence-corrected chi connectivity index (χ0v) is 12.9. The van der Waals surface area contributed by atoms with Crippen LogP contribution in [0.4, 0.5) is 0 Å². The van der Waals surface area contributed by atoms with Crippen LogP contribution in [-0.2, 0) is 11.2 Å². The van der Waals surface area contributed by atoms with Crippen molar-refractivity contribution < 1.29 is 9.47 Å². The molecule has 20 heavy (non-hydrogen) atoms. The van der Waals surface area contributed by atoms with E-state index in [0.717, 1.165) is 36.5 Å². The summed E-state index contributed by atoms with van der Waals surface area (Å²) in [6.07, 6.45) is 5.31. The van der Waals surface area contributed by atoms with Crippen LogP contribution in [0.25, 0.3) is 0 Å². The number of benzene rings is 1. The molecule has 0 saturated heterocycles. The average molecular weight is 277 g/mol. The summed E-state index contributed by atoms with van der Waals surface area (Å²) >= 11 is 0. The van der Waals surface area contributed by atoms with Gasteiger partial charge >= 0.3 is 0 Å². The van der Waals surface area contributed by atoms with Crippen LogP contribution in [0.2, 0.25) is 0 Å². The number of para-hydroxylation sites is 1. The zero-order valence-electron chi connectivity index (χ0n) is 12.9.